The molecule has 0 unspecified atom stereocenters. The molecule has 1 aliphatic heterocycles. The van der Waals surface area contributed by atoms with Crippen LogP contribution in [0.2, 0.25) is 0 Å². The summed E-state index contributed by atoms with van der Waals surface area (Å²) in [5.74, 6) is 2.15. The Hall–Kier alpha value is -0.830. The molecule has 0 radical (unpaired) electrons. The van der Waals surface area contributed by atoms with Crippen LogP contribution in [0.4, 0.5) is 0 Å². The van der Waals surface area contributed by atoms with E-state index in [0.717, 1.165) is 12.5 Å². The van der Waals surface area contributed by atoms with E-state index < -0.39 is 0 Å². The number of aryl methyl sites for hydroxylation is 1. The van der Waals surface area contributed by atoms with E-state index in [1.165, 1.54) is 38.2 Å². The van der Waals surface area contributed by atoms with E-state index in [2.05, 4.69) is 28.4 Å². The number of hydrogen-bond acceptors (Lipinski definition) is 2. The molecule has 0 atom stereocenters. The topological polar surface area (TPSA) is 21.1 Å². The summed E-state index contributed by atoms with van der Waals surface area (Å²) in [6, 6.07) is 0. The van der Waals surface area contributed by atoms with E-state index in [1.807, 2.05) is 26.2 Å². The molecule has 0 bridgehead atoms. The standard InChI is InChI=1S/C12H21N3.C2H6/c1-3-11-4-7-15(8-5-11)10-12-13-6-9-14(12)2;1-2/h6,9,11H,3-5,7-8,10H2,1-2H3;1-2H3. The van der Waals surface area contributed by atoms with Crippen molar-refractivity contribution in [3.8, 4) is 0 Å². The zero-order valence-electron chi connectivity index (χ0n) is 11.8. The van der Waals surface area contributed by atoms with Gasteiger partial charge in [-0.25, -0.2) is 4.98 Å². The van der Waals surface area contributed by atoms with Crippen molar-refractivity contribution < 1.29 is 0 Å². The van der Waals surface area contributed by atoms with Crippen LogP contribution in [0.1, 0.15) is 45.9 Å². The van der Waals surface area contributed by atoms with Crippen molar-refractivity contribution in [2.24, 2.45) is 13.0 Å². The highest BCUT2D eigenvalue weighted by Crippen LogP contribution is 2.20. The van der Waals surface area contributed by atoms with Gasteiger partial charge in [0.1, 0.15) is 5.82 Å². The minimum atomic E-state index is 0.961. The molecule has 17 heavy (non-hydrogen) atoms. The van der Waals surface area contributed by atoms with Gasteiger partial charge in [0.25, 0.3) is 0 Å². The number of piperidine rings is 1. The van der Waals surface area contributed by atoms with E-state index >= 15 is 0 Å². The first kappa shape index (κ1) is 14.2. The van der Waals surface area contributed by atoms with Crippen LogP contribution in [0.5, 0.6) is 0 Å². The van der Waals surface area contributed by atoms with Crippen LogP contribution in [0.15, 0.2) is 12.4 Å². The van der Waals surface area contributed by atoms with Crippen LogP contribution < -0.4 is 0 Å². The molecule has 98 valence electrons. The molecule has 1 aromatic rings. The second-order valence-corrected chi connectivity index (χ2v) is 4.58. The maximum absolute atomic E-state index is 4.37. The van der Waals surface area contributed by atoms with Crippen molar-refractivity contribution in [1.29, 1.82) is 0 Å². The predicted molar refractivity (Wildman–Crippen MR) is 72.8 cm³/mol. The predicted octanol–water partition coefficient (Wildman–Crippen LogP) is 3.07. The maximum atomic E-state index is 4.37. The fourth-order valence-electron chi connectivity index (χ4n) is 2.30. The smallest absolute Gasteiger partial charge is 0.122 e. The van der Waals surface area contributed by atoms with E-state index in [0.29, 0.717) is 0 Å². The van der Waals surface area contributed by atoms with Crippen molar-refractivity contribution in [2.45, 2.75) is 46.6 Å². The molecule has 2 rings (SSSR count). The first-order chi connectivity index (χ1) is 8.29. The summed E-state index contributed by atoms with van der Waals surface area (Å²) in [7, 11) is 2.07. The van der Waals surface area contributed by atoms with E-state index in [9.17, 15) is 0 Å². The Labute approximate surface area is 106 Å². The van der Waals surface area contributed by atoms with E-state index in [4.69, 9.17) is 0 Å². The number of imidazole rings is 1. The summed E-state index contributed by atoms with van der Waals surface area (Å²) in [6.07, 6.45) is 7.97. The normalized spacial score (nSPS) is 17.6. The van der Waals surface area contributed by atoms with Crippen molar-refractivity contribution in [3.05, 3.63) is 18.2 Å². The molecule has 0 N–H and O–H groups in total. The van der Waals surface area contributed by atoms with Gasteiger partial charge in [-0.1, -0.05) is 27.2 Å². The number of hydrogen-bond donors (Lipinski definition) is 0. The lowest BCUT2D eigenvalue weighted by Gasteiger charge is -2.31. The first-order valence-corrected chi connectivity index (χ1v) is 6.98. The molecule has 1 fully saturated rings. The molecule has 0 amide bonds. The molecule has 0 aromatic carbocycles. The molecule has 0 spiro atoms. The van der Waals surface area contributed by atoms with Gasteiger partial charge in [-0.05, 0) is 31.8 Å². The lowest BCUT2D eigenvalue weighted by atomic mass is 9.94. The minimum Gasteiger partial charge on any atom is -0.337 e. The van der Waals surface area contributed by atoms with Crippen LogP contribution >= 0.6 is 0 Å². The Morgan fingerprint density at radius 3 is 2.41 bits per heavy atom. The molecule has 3 nitrogen and oxygen atoms in total. The molecule has 1 saturated heterocycles. The van der Waals surface area contributed by atoms with Crippen LogP contribution in [0.3, 0.4) is 0 Å². The van der Waals surface area contributed by atoms with Gasteiger partial charge in [0.2, 0.25) is 0 Å². The van der Waals surface area contributed by atoms with Gasteiger partial charge in [-0.2, -0.15) is 0 Å². The summed E-state index contributed by atoms with van der Waals surface area (Å²) in [6.45, 7) is 9.80. The quantitative estimate of drug-likeness (QED) is 0.805. The second-order valence-electron chi connectivity index (χ2n) is 4.58. The minimum absolute atomic E-state index is 0.961. The molecule has 2 heterocycles. The Kier molecular flexibility index (Phi) is 6.27. The summed E-state index contributed by atoms with van der Waals surface area (Å²) >= 11 is 0. The molecule has 3 heteroatoms. The zero-order chi connectivity index (χ0) is 12.7. The average molecular weight is 237 g/mol. The summed E-state index contributed by atoms with van der Waals surface area (Å²) in [5, 5.41) is 0. The fraction of sp³-hybridized carbons (Fsp3) is 0.786. The van der Waals surface area contributed by atoms with Crippen molar-refractivity contribution in [3.63, 3.8) is 0 Å². The van der Waals surface area contributed by atoms with Gasteiger partial charge in [0.05, 0.1) is 6.54 Å². The number of rotatable bonds is 3. The monoisotopic (exact) mass is 237 g/mol. The third-order valence-corrected chi connectivity index (χ3v) is 3.57. The fourth-order valence-corrected chi connectivity index (χ4v) is 2.30. The molecule has 0 saturated carbocycles. The number of aromatic nitrogens is 2. The van der Waals surface area contributed by atoms with E-state index in [1.54, 1.807) is 0 Å². The van der Waals surface area contributed by atoms with Gasteiger partial charge in [-0.3, -0.25) is 4.90 Å². The van der Waals surface area contributed by atoms with Gasteiger partial charge in [0, 0.05) is 19.4 Å². The average Bonchev–Trinajstić information content (AvgIpc) is 2.79. The highest BCUT2D eigenvalue weighted by molar-refractivity contribution is 4.91. The van der Waals surface area contributed by atoms with Crippen LogP contribution in [-0.4, -0.2) is 27.5 Å². The van der Waals surface area contributed by atoms with Gasteiger partial charge >= 0.3 is 0 Å². The van der Waals surface area contributed by atoms with Crippen LogP contribution in [-0.2, 0) is 13.6 Å². The Morgan fingerprint density at radius 1 is 1.29 bits per heavy atom. The van der Waals surface area contributed by atoms with Gasteiger partial charge in [0.15, 0.2) is 0 Å². The van der Waals surface area contributed by atoms with Crippen LogP contribution in [0, 0.1) is 5.92 Å². The first-order valence-electron chi connectivity index (χ1n) is 6.98. The molecule has 1 aromatic heterocycles. The zero-order valence-corrected chi connectivity index (χ0v) is 11.8. The lowest BCUT2D eigenvalue weighted by molar-refractivity contribution is 0.170. The summed E-state index contributed by atoms with van der Waals surface area (Å²) < 4.78 is 2.12. The molecular formula is C14H27N3. The number of likely N-dealkylation sites (tertiary alicyclic amines) is 1. The summed E-state index contributed by atoms with van der Waals surface area (Å²) in [5.41, 5.74) is 0. The van der Waals surface area contributed by atoms with Gasteiger partial charge < -0.3 is 4.57 Å². The van der Waals surface area contributed by atoms with Crippen molar-refractivity contribution in [1.82, 2.24) is 14.5 Å². The molecular weight excluding hydrogens is 210 g/mol. The third kappa shape index (κ3) is 4.15. The second kappa shape index (κ2) is 7.49. The Bertz CT molecular complexity index is 298. The lowest BCUT2D eigenvalue weighted by Crippen LogP contribution is -2.33. The van der Waals surface area contributed by atoms with Crippen LogP contribution in [0.25, 0.3) is 0 Å². The Balaban J connectivity index is 0.000000686. The highest BCUT2D eigenvalue weighted by Gasteiger charge is 2.18. The van der Waals surface area contributed by atoms with Crippen molar-refractivity contribution in [2.75, 3.05) is 13.1 Å². The molecule has 0 aliphatic carbocycles. The summed E-state index contributed by atoms with van der Waals surface area (Å²) in [4.78, 5) is 6.89. The van der Waals surface area contributed by atoms with E-state index in [-0.39, 0.29) is 0 Å². The van der Waals surface area contributed by atoms with Gasteiger partial charge in [-0.15, -0.1) is 0 Å². The number of nitrogens with zero attached hydrogens (tertiary/aromatic N) is 3. The van der Waals surface area contributed by atoms with Crippen molar-refractivity contribution >= 4 is 0 Å². The largest absolute Gasteiger partial charge is 0.337 e. The maximum Gasteiger partial charge on any atom is 0.122 e. The third-order valence-electron chi connectivity index (χ3n) is 3.57. The SMILES string of the molecule is CC.CCC1CCN(Cc2nccn2C)CC1. The molecule has 1 aliphatic rings. The Morgan fingerprint density at radius 2 is 1.94 bits per heavy atom. The highest BCUT2D eigenvalue weighted by atomic mass is 15.2.